The minimum Gasteiger partial charge on any atom is -0.466 e. The number of nitrogens with zero attached hydrogens (tertiary/aromatic N) is 1. The van der Waals surface area contributed by atoms with E-state index in [0.717, 1.165) is 36.6 Å². The zero-order valence-corrected chi connectivity index (χ0v) is 17.7. The molecule has 0 saturated carbocycles. The van der Waals surface area contributed by atoms with Crippen molar-refractivity contribution in [1.29, 1.82) is 0 Å². The predicted octanol–water partition coefficient (Wildman–Crippen LogP) is 3.39. The first-order valence-electron chi connectivity index (χ1n) is 9.84. The monoisotopic (exact) mass is 464 g/mol. The predicted molar refractivity (Wildman–Crippen MR) is 109 cm³/mol. The van der Waals surface area contributed by atoms with E-state index in [1.807, 2.05) is 0 Å². The zero-order chi connectivity index (χ0) is 24.4. The third-order valence-electron chi connectivity index (χ3n) is 5.41. The summed E-state index contributed by atoms with van der Waals surface area (Å²) in [5, 5.41) is 1.61. The summed E-state index contributed by atoms with van der Waals surface area (Å²) < 4.78 is 62.1. The quantitative estimate of drug-likeness (QED) is 0.526. The largest absolute Gasteiger partial charge is 0.466 e. The molecular formula is C23H20F4N2O4. The maximum absolute atomic E-state index is 14.5. The van der Waals surface area contributed by atoms with Crippen LogP contribution in [0.5, 0.6) is 0 Å². The van der Waals surface area contributed by atoms with E-state index in [9.17, 15) is 31.9 Å². The second-order valence-electron chi connectivity index (χ2n) is 7.33. The fourth-order valence-electron chi connectivity index (χ4n) is 3.76. The van der Waals surface area contributed by atoms with Gasteiger partial charge in [-0.25, -0.2) is 9.18 Å². The number of halogens is 4. The molecule has 1 atom stereocenters. The Kier molecular flexibility index (Phi) is 6.57. The molecule has 2 aromatic rings. The molecule has 174 valence electrons. The first-order chi connectivity index (χ1) is 15.5. The normalized spacial score (nSPS) is 18.5. The van der Waals surface area contributed by atoms with Crippen LogP contribution in [-0.4, -0.2) is 48.1 Å². The van der Waals surface area contributed by atoms with Crippen molar-refractivity contribution in [3.8, 4) is 0 Å². The van der Waals surface area contributed by atoms with E-state index in [2.05, 4.69) is 4.74 Å². The number of methoxy groups -OCH3 is 1. The number of carbonyl (C=O) groups excluding carboxylic acids is 3. The van der Waals surface area contributed by atoms with Gasteiger partial charge >= 0.3 is 12.1 Å². The summed E-state index contributed by atoms with van der Waals surface area (Å²) in [6, 6.07) is 13.1. The van der Waals surface area contributed by atoms with Crippen LogP contribution in [0, 0.1) is 5.82 Å². The van der Waals surface area contributed by atoms with Crippen LogP contribution in [-0.2, 0) is 20.7 Å². The Labute approximate surface area is 186 Å². The fourth-order valence-corrected chi connectivity index (χ4v) is 3.76. The minimum atomic E-state index is -5.43. The van der Waals surface area contributed by atoms with Crippen LogP contribution in [0.3, 0.4) is 0 Å². The number of ether oxygens (including phenoxy) is 1. The van der Waals surface area contributed by atoms with Crippen molar-refractivity contribution in [3.05, 3.63) is 82.8 Å². The van der Waals surface area contributed by atoms with Crippen LogP contribution in [0.4, 0.5) is 17.6 Å². The summed E-state index contributed by atoms with van der Waals surface area (Å²) in [4.78, 5) is 39.1. The molecule has 0 radical (unpaired) electrons. The number of hydrogen-bond donors (Lipinski definition) is 1. The Bertz CT molecular complexity index is 1110. The molecular weight excluding hydrogens is 444 g/mol. The molecule has 0 aliphatic carbocycles. The van der Waals surface area contributed by atoms with Gasteiger partial charge < -0.3 is 15.0 Å². The van der Waals surface area contributed by atoms with E-state index in [0.29, 0.717) is 0 Å². The Morgan fingerprint density at radius 2 is 1.67 bits per heavy atom. The molecule has 0 saturated heterocycles. The van der Waals surface area contributed by atoms with Gasteiger partial charge in [0.05, 0.1) is 12.7 Å². The summed E-state index contributed by atoms with van der Waals surface area (Å²) in [5.41, 5.74) is -5.08. The highest BCUT2D eigenvalue weighted by atomic mass is 19.4. The topological polar surface area (TPSA) is 75.7 Å². The lowest BCUT2D eigenvalue weighted by Crippen LogP contribution is -2.66. The number of allylic oxidation sites excluding steroid dienone is 1. The number of esters is 1. The van der Waals surface area contributed by atoms with Crippen molar-refractivity contribution in [3.63, 3.8) is 0 Å². The van der Waals surface area contributed by atoms with E-state index < -0.39 is 46.5 Å². The number of alkyl halides is 3. The standard InChI is InChI=1S/C23H20F4N2O4/c1-14-18(20(31)33-2)22(23(25,26)27,28-19(30)16-10-6-7-11-17(16)24)21(32)29(14)13-12-15-8-4-3-5-9-15/h3-11H,12-13H2,1-2H3,(H,28,30)/t22-/m0/s1. The number of benzene rings is 2. The van der Waals surface area contributed by atoms with Gasteiger partial charge in [-0.05, 0) is 31.0 Å². The van der Waals surface area contributed by atoms with Crippen LogP contribution in [0.15, 0.2) is 65.9 Å². The number of rotatable bonds is 6. The second-order valence-corrected chi connectivity index (χ2v) is 7.33. The highest BCUT2D eigenvalue weighted by Gasteiger charge is 2.70. The molecule has 0 aromatic heterocycles. The first-order valence-corrected chi connectivity index (χ1v) is 9.84. The molecule has 6 nitrogen and oxygen atoms in total. The average molecular weight is 464 g/mol. The number of nitrogens with one attached hydrogen (secondary N) is 1. The van der Waals surface area contributed by atoms with Crippen molar-refractivity contribution in [2.24, 2.45) is 0 Å². The van der Waals surface area contributed by atoms with Crippen molar-refractivity contribution in [2.45, 2.75) is 25.1 Å². The third kappa shape index (κ3) is 4.20. The maximum atomic E-state index is 14.5. The molecule has 0 unspecified atom stereocenters. The molecule has 2 aromatic carbocycles. The summed E-state index contributed by atoms with van der Waals surface area (Å²) in [6.07, 6.45) is -5.25. The van der Waals surface area contributed by atoms with E-state index >= 15 is 0 Å². The molecule has 0 fully saturated rings. The van der Waals surface area contributed by atoms with Gasteiger partial charge in [-0.15, -0.1) is 0 Å². The lowest BCUT2D eigenvalue weighted by molar-refractivity contribution is -0.192. The highest BCUT2D eigenvalue weighted by Crippen LogP contribution is 2.45. The van der Waals surface area contributed by atoms with Gasteiger partial charge in [0.25, 0.3) is 17.4 Å². The van der Waals surface area contributed by atoms with Crippen LogP contribution in [0.25, 0.3) is 0 Å². The van der Waals surface area contributed by atoms with Gasteiger partial charge in [0, 0.05) is 12.2 Å². The number of hydrogen-bond acceptors (Lipinski definition) is 4. The second kappa shape index (κ2) is 9.05. The molecule has 33 heavy (non-hydrogen) atoms. The fraction of sp³-hybridized carbons (Fsp3) is 0.261. The zero-order valence-electron chi connectivity index (χ0n) is 17.7. The number of amides is 2. The minimum absolute atomic E-state index is 0.188. The molecule has 1 aliphatic heterocycles. The lowest BCUT2D eigenvalue weighted by atomic mass is 9.88. The summed E-state index contributed by atoms with van der Waals surface area (Å²) in [6.45, 7) is 0.973. The van der Waals surface area contributed by atoms with E-state index in [1.54, 1.807) is 35.6 Å². The summed E-state index contributed by atoms with van der Waals surface area (Å²) >= 11 is 0. The maximum Gasteiger partial charge on any atom is 0.425 e. The molecule has 1 aliphatic rings. The third-order valence-corrected chi connectivity index (χ3v) is 5.41. The lowest BCUT2D eigenvalue weighted by Gasteiger charge is -2.33. The molecule has 10 heteroatoms. The van der Waals surface area contributed by atoms with Gasteiger partial charge in [0.2, 0.25) is 0 Å². The van der Waals surface area contributed by atoms with Gasteiger partial charge in [0.1, 0.15) is 11.4 Å². The van der Waals surface area contributed by atoms with Crippen molar-refractivity contribution in [2.75, 3.05) is 13.7 Å². The van der Waals surface area contributed by atoms with Crippen molar-refractivity contribution in [1.82, 2.24) is 10.2 Å². The van der Waals surface area contributed by atoms with E-state index in [4.69, 9.17) is 0 Å². The number of carbonyl (C=O) groups is 3. The smallest absolute Gasteiger partial charge is 0.425 e. The van der Waals surface area contributed by atoms with Crippen LogP contribution < -0.4 is 5.32 Å². The average Bonchev–Trinajstić information content (AvgIpc) is 2.99. The Balaban J connectivity index is 2.08. The van der Waals surface area contributed by atoms with Crippen LogP contribution in [0.2, 0.25) is 0 Å². The molecule has 3 rings (SSSR count). The van der Waals surface area contributed by atoms with Crippen molar-refractivity contribution >= 4 is 17.8 Å². The highest BCUT2D eigenvalue weighted by molar-refractivity contribution is 6.11. The Morgan fingerprint density at radius 3 is 2.24 bits per heavy atom. The molecule has 2 amide bonds. The van der Waals surface area contributed by atoms with Gasteiger partial charge in [0.15, 0.2) is 0 Å². The van der Waals surface area contributed by atoms with Crippen molar-refractivity contribution < 1.29 is 36.7 Å². The molecule has 1 heterocycles. The molecule has 0 bridgehead atoms. The Hall–Kier alpha value is -3.69. The van der Waals surface area contributed by atoms with Gasteiger partial charge in [-0.2, -0.15) is 13.2 Å². The van der Waals surface area contributed by atoms with E-state index in [-0.39, 0.29) is 18.7 Å². The molecule has 1 N–H and O–H groups in total. The Morgan fingerprint density at radius 1 is 1.06 bits per heavy atom. The van der Waals surface area contributed by atoms with Gasteiger partial charge in [-0.3, -0.25) is 9.59 Å². The SMILES string of the molecule is COC(=O)C1=C(C)N(CCc2ccccc2)C(=O)[C@]1(NC(=O)c1ccccc1F)C(F)(F)F. The van der Waals surface area contributed by atoms with E-state index in [1.165, 1.54) is 12.1 Å². The van der Waals surface area contributed by atoms with Crippen LogP contribution in [0.1, 0.15) is 22.8 Å². The van der Waals surface area contributed by atoms with Crippen LogP contribution >= 0.6 is 0 Å². The summed E-state index contributed by atoms with van der Waals surface area (Å²) in [5.74, 6) is -5.60. The first kappa shape index (κ1) is 24.0. The molecule has 0 spiro atoms. The van der Waals surface area contributed by atoms with Gasteiger partial charge in [-0.1, -0.05) is 42.5 Å². The summed E-state index contributed by atoms with van der Waals surface area (Å²) in [7, 11) is 0.861.